The molecule has 0 spiro atoms. The highest BCUT2D eigenvalue weighted by atomic mass is 32.2. The summed E-state index contributed by atoms with van der Waals surface area (Å²) in [5, 5.41) is 0. The predicted molar refractivity (Wildman–Crippen MR) is 121 cm³/mol. The van der Waals surface area contributed by atoms with E-state index in [1.54, 1.807) is 41.3 Å². The van der Waals surface area contributed by atoms with Crippen molar-refractivity contribution in [2.75, 3.05) is 16.7 Å². The summed E-state index contributed by atoms with van der Waals surface area (Å²) in [6.45, 7) is 3.84. The summed E-state index contributed by atoms with van der Waals surface area (Å²) < 4.78 is 34.0. The van der Waals surface area contributed by atoms with Crippen LogP contribution >= 0.6 is 0 Å². The lowest BCUT2D eigenvalue weighted by Gasteiger charge is -2.23. The van der Waals surface area contributed by atoms with Gasteiger partial charge in [0.05, 0.1) is 17.7 Å². The van der Waals surface area contributed by atoms with E-state index in [1.165, 1.54) is 13.2 Å². The number of benzene rings is 3. The monoisotopic (exact) mass is 436 g/mol. The molecule has 1 aliphatic rings. The van der Waals surface area contributed by atoms with Gasteiger partial charge in [-0.05, 0) is 73.9 Å². The number of aryl methyl sites for hydroxylation is 1. The van der Waals surface area contributed by atoms with E-state index in [0.717, 1.165) is 16.8 Å². The van der Waals surface area contributed by atoms with E-state index in [9.17, 15) is 13.2 Å². The predicted octanol–water partition coefficient (Wildman–Crippen LogP) is 4.40. The van der Waals surface area contributed by atoms with Crippen LogP contribution in [0.25, 0.3) is 0 Å². The number of carbonyl (C=O) groups is 1. The summed E-state index contributed by atoms with van der Waals surface area (Å²) in [5.41, 5.74) is 3.48. The van der Waals surface area contributed by atoms with Crippen LogP contribution in [0.5, 0.6) is 5.75 Å². The van der Waals surface area contributed by atoms with Crippen molar-refractivity contribution in [3.63, 3.8) is 0 Å². The second-order valence-corrected chi connectivity index (χ2v) is 9.38. The number of amides is 1. The average molecular weight is 437 g/mol. The van der Waals surface area contributed by atoms with Gasteiger partial charge in [-0.3, -0.25) is 9.52 Å². The number of rotatable bonds is 5. The molecule has 0 aromatic heterocycles. The topological polar surface area (TPSA) is 75.7 Å². The van der Waals surface area contributed by atoms with E-state index in [0.29, 0.717) is 23.4 Å². The maximum Gasteiger partial charge on any atom is 0.262 e. The van der Waals surface area contributed by atoms with Gasteiger partial charge in [0.1, 0.15) is 5.75 Å². The first-order valence-corrected chi connectivity index (χ1v) is 11.5. The number of nitrogens with zero attached hydrogens (tertiary/aromatic N) is 1. The van der Waals surface area contributed by atoms with Gasteiger partial charge < -0.3 is 9.64 Å². The molecule has 31 heavy (non-hydrogen) atoms. The van der Waals surface area contributed by atoms with Gasteiger partial charge in [0.15, 0.2) is 0 Å². The minimum atomic E-state index is -3.83. The van der Waals surface area contributed by atoms with E-state index in [2.05, 4.69) is 4.72 Å². The highest BCUT2D eigenvalue weighted by Gasteiger charge is 2.32. The number of sulfonamides is 1. The van der Waals surface area contributed by atoms with Crippen molar-refractivity contribution in [1.82, 2.24) is 0 Å². The zero-order chi connectivity index (χ0) is 22.2. The van der Waals surface area contributed by atoms with Crippen molar-refractivity contribution < 1.29 is 17.9 Å². The van der Waals surface area contributed by atoms with Crippen molar-refractivity contribution in [2.45, 2.75) is 31.2 Å². The zero-order valence-corrected chi connectivity index (χ0v) is 18.4. The SMILES string of the molecule is COc1ccc(C)cc1NS(=O)(=O)c1ccc2c(c1)C[C@H](C)N2C(=O)c1ccccc1. The summed E-state index contributed by atoms with van der Waals surface area (Å²) in [7, 11) is -2.33. The number of hydrogen-bond donors (Lipinski definition) is 1. The van der Waals surface area contributed by atoms with Crippen molar-refractivity contribution in [1.29, 1.82) is 0 Å². The summed E-state index contributed by atoms with van der Waals surface area (Å²) in [4.78, 5) is 14.9. The smallest absolute Gasteiger partial charge is 0.262 e. The van der Waals surface area contributed by atoms with Crippen LogP contribution in [0.15, 0.2) is 71.6 Å². The van der Waals surface area contributed by atoms with Gasteiger partial charge in [0, 0.05) is 17.3 Å². The maximum absolute atomic E-state index is 13.1. The van der Waals surface area contributed by atoms with Crippen LogP contribution in [0.2, 0.25) is 0 Å². The number of methoxy groups -OCH3 is 1. The highest BCUT2D eigenvalue weighted by molar-refractivity contribution is 7.92. The number of anilines is 2. The van der Waals surface area contributed by atoms with Crippen LogP contribution in [-0.2, 0) is 16.4 Å². The number of fused-ring (bicyclic) bond motifs is 1. The lowest BCUT2D eigenvalue weighted by Crippen LogP contribution is -2.35. The van der Waals surface area contributed by atoms with Gasteiger partial charge in [-0.25, -0.2) is 8.42 Å². The Labute approximate surface area is 182 Å². The Morgan fingerprint density at radius 2 is 1.81 bits per heavy atom. The molecule has 0 radical (unpaired) electrons. The van der Waals surface area contributed by atoms with Crippen molar-refractivity contribution >= 4 is 27.3 Å². The van der Waals surface area contributed by atoms with Gasteiger partial charge in [0.2, 0.25) is 0 Å². The molecule has 1 atom stereocenters. The third-order valence-corrected chi connectivity index (χ3v) is 6.78. The number of hydrogen-bond acceptors (Lipinski definition) is 4. The van der Waals surface area contributed by atoms with Crippen molar-refractivity contribution in [3.05, 3.63) is 83.4 Å². The quantitative estimate of drug-likeness (QED) is 0.643. The lowest BCUT2D eigenvalue weighted by molar-refractivity contribution is 0.0981. The molecule has 1 aliphatic heterocycles. The van der Waals surface area contributed by atoms with Gasteiger partial charge >= 0.3 is 0 Å². The fourth-order valence-corrected chi connectivity index (χ4v) is 5.02. The number of nitrogens with one attached hydrogen (secondary N) is 1. The molecule has 0 aliphatic carbocycles. The van der Waals surface area contributed by atoms with E-state index < -0.39 is 10.0 Å². The fourth-order valence-electron chi connectivity index (χ4n) is 3.91. The Morgan fingerprint density at radius 1 is 1.06 bits per heavy atom. The van der Waals surface area contributed by atoms with E-state index in [-0.39, 0.29) is 16.8 Å². The summed E-state index contributed by atoms with van der Waals surface area (Å²) in [6, 6.07) is 19.2. The average Bonchev–Trinajstić information content (AvgIpc) is 3.08. The Morgan fingerprint density at radius 3 is 2.52 bits per heavy atom. The number of ether oxygens (including phenoxy) is 1. The molecule has 0 saturated carbocycles. The molecule has 4 rings (SSSR count). The van der Waals surface area contributed by atoms with Gasteiger partial charge in [-0.2, -0.15) is 0 Å². The number of carbonyl (C=O) groups excluding carboxylic acids is 1. The molecule has 0 unspecified atom stereocenters. The molecule has 0 fully saturated rings. The molecule has 1 N–H and O–H groups in total. The summed E-state index contributed by atoms with van der Waals surface area (Å²) in [6.07, 6.45) is 0.588. The third kappa shape index (κ3) is 4.01. The van der Waals surface area contributed by atoms with Gasteiger partial charge in [0.25, 0.3) is 15.9 Å². The van der Waals surface area contributed by atoms with Crippen LogP contribution < -0.4 is 14.4 Å². The van der Waals surface area contributed by atoms with Crippen molar-refractivity contribution in [2.24, 2.45) is 0 Å². The molecule has 160 valence electrons. The standard InChI is InChI=1S/C24H24N2O4S/c1-16-9-12-23(30-3)21(13-16)25-31(28,29)20-10-11-22-19(15-20)14-17(2)26(22)24(27)18-7-5-4-6-8-18/h4-13,15,17,25H,14H2,1-3H3/t17-/m0/s1. The first kappa shape index (κ1) is 20.9. The largest absolute Gasteiger partial charge is 0.495 e. The van der Waals surface area contributed by atoms with Crippen LogP contribution in [0.3, 0.4) is 0 Å². The molecular weight excluding hydrogens is 412 g/mol. The maximum atomic E-state index is 13.1. The van der Waals surface area contributed by atoms with Crippen LogP contribution in [-0.4, -0.2) is 27.5 Å². The molecular formula is C24H24N2O4S. The molecule has 3 aromatic rings. The normalized spacial score (nSPS) is 15.5. The zero-order valence-electron chi connectivity index (χ0n) is 17.6. The Balaban J connectivity index is 1.65. The Hall–Kier alpha value is -3.32. The molecule has 0 bridgehead atoms. The van der Waals surface area contributed by atoms with Gasteiger partial charge in [-0.15, -0.1) is 0 Å². The second kappa shape index (κ2) is 8.07. The van der Waals surface area contributed by atoms with E-state index >= 15 is 0 Å². The summed E-state index contributed by atoms with van der Waals surface area (Å²) >= 11 is 0. The minimum Gasteiger partial charge on any atom is -0.495 e. The van der Waals surface area contributed by atoms with Crippen LogP contribution in [0, 0.1) is 6.92 Å². The van der Waals surface area contributed by atoms with Crippen LogP contribution in [0.1, 0.15) is 28.4 Å². The Kier molecular flexibility index (Phi) is 5.45. The second-order valence-electron chi connectivity index (χ2n) is 7.69. The molecule has 7 heteroatoms. The van der Waals surface area contributed by atoms with Gasteiger partial charge in [-0.1, -0.05) is 24.3 Å². The molecule has 0 saturated heterocycles. The molecule has 3 aromatic carbocycles. The fraction of sp³-hybridized carbons (Fsp3) is 0.208. The summed E-state index contributed by atoms with van der Waals surface area (Å²) in [5.74, 6) is 0.355. The highest BCUT2D eigenvalue weighted by Crippen LogP contribution is 2.36. The third-order valence-electron chi connectivity index (χ3n) is 5.42. The first-order chi connectivity index (χ1) is 14.8. The first-order valence-electron chi connectivity index (χ1n) is 9.99. The van der Waals surface area contributed by atoms with E-state index in [4.69, 9.17) is 4.74 Å². The van der Waals surface area contributed by atoms with E-state index in [1.807, 2.05) is 38.1 Å². The van der Waals surface area contributed by atoms with Crippen LogP contribution in [0.4, 0.5) is 11.4 Å². The Bertz CT molecular complexity index is 1240. The minimum absolute atomic E-state index is 0.0644. The van der Waals surface area contributed by atoms with Crippen molar-refractivity contribution in [3.8, 4) is 5.75 Å². The molecule has 1 heterocycles. The lowest BCUT2D eigenvalue weighted by atomic mass is 10.1. The molecule has 6 nitrogen and oxygen atoms in total. The molecule has 1 amide bonds.